The number of carbonyl (C=O) groups excluding carboxylic acids is 1. The average molecular weight is 451 g/mol. The zero-order valence-corrected chi connectivity index (χ0v) is 18.1. The second-order valence-electron chi connectivity index (χ2n) is 7.39. The second-order valence-corrected chi connectivity index (χ2v) is 8.47. The minimum atomic E-state index is -0.323. The van der Waals surface area contributed by atoms with Crippen LogP contribution in [0.5, 0.6) is 0 Å². The maximum absolute atomic E-state index is 13.6. The Morgan fingerprint density at radius 3 is 2.97 bits per heavy atom. The summed E-state index contributed by atoms with van der Waals surface area (Å²) in [4.78, 5) is 23.7. The van der Waals surface area contributed by atoms with E-state index in [1.807, 2.05) is 20.2 Å². The molecule has 5 rings (SSSR count). The van der Waals surface area contributed by atoms with Crippen LogP contribution in [-0.2, 0) is 20.0 Å². The summed E-state index contributed by atoms with van der Waals surface area (Å²) in [6.45, 7) is 0.424. The predicted molar refractivity (Wildman–Crippen MR) is 120 cm³/mol. The number of aldehydes is 1. The summed E-state index contributed by atoms with van der Waals surface area (Å²) in [5.41, 5.74) is 4.21. The molecular formula is C21H19FN8OS. The van der Waals surface area contributed by atoms with Crippen molar-refractivity contribution in [2.45, 2.75) is 13.0 Å². The van der Waals surface area contributed by atoms with Crippen LogP contribution < -0.4 is 0 Å². The predicted octanol–water partition coefficient (Wildman–Crippen LogP) is 3.24. The average Bonchev–Trinajstić information content (AvgIpc) is 3.55. The SMILES string of the molecule is CN(Cc1ccc2c(F)c[nH]c2n1)/N=C\c1c(C=O)n(C)c2nc(Cc3ccn[nH]3)sc12. The van der Waals surface area contributed by atoms with Crippen LogP contribution in [0.2, 0.25) is 0 Å². The summed E-state index contributed by atoms with van der Waals surface area (Å²) in [7, 11) is 3.64. The Morgan fingerprint density at radius 1 is 1.31 bits per heavy atom. The number of H-pyrrole nitrogens is 2. The molecule has 0 atom stereocenters. The number of hydrogen-bond acceptors (Lipinski definition) is 7. The third kappa shape index (κ3) is 3.56. The van der Waals surface area contributed by atoms with Gasteiger partial charge in [-0.1, -0.05) is 0 Å². The Bertz CT molecular complexity index is 1450. The highest BCUT2D eigenvalue weighted by atomic mass is 32.1. The summed E-state index contributed by atoms with van der Waals surface area (Å²) >= 11 is 1.53. The maximum atomic E-state index is 13.6. The van der Waals surface area contributed by atoms with Gasteiger partial charge in [-0.15, -0.1) is 11.3 Å². The summed E-state index contributed by atoms with van der Waals surface area (Å²) < 4.78 is 16.3. The quantitative estimate of drug-likeness (QED) is 0.225. The number of hydrogen-bond donors (Lipinski definition) is 2. The van der Waals surface area contributed by atoms with E-state index < -0.39 is 0 Å². The van der Waals surface area contributed by atoms with Gasteiger partial charge in [-0.3, -0.25) is 14.9 Å². The minimum absolute atomic E-state index is 0.323. The number of halogens is 1. The fourth-order valence-electron chi connectivity index (χ4n) is 3.59. The van der Waals surface area contributed by atoms with Crippen molar-refractivity contribution in [2.24, 2.45) is 12.1 Å². The largest absolute Gasteiger partial charge is 0.343 e. The lowest BCUT2D eigenvalue weighted by atomic mass is 10.3. The number of aryl methyl sites for hydroxylation is 1. The lowest BCUT2D eigenvalue weighted by Crippen LogP contribution is -2.12. The third-order valence-electron chi connectivity index (χ3n) is 5.19. The molecule has 5 aromatic rings. The lowest BCUT2D eigenvalue weighted by Gasteiger charge is -2.12. The van der Waals surface area contributed by atoms with Gasteiger partial charge in [0.1, 0.15) is 16.5 Å². The first-order chi connectivity index (χ1) is 15.5. The van der Waals surface area contributed by atoms with Crippen molar-refractivity contribution in [1.29, 1.82) is 0 Å². The molecule has 32 heavy (non-hydrogen) atoms. The number of aromatic nitrogens is 6. The molecule has 5 aromatic heterocycles. The Hall–Kier alpha value is -3.86. The van der Waals surface area contributed by atoms with Gasteiger partial charge >= 0.3 is 0 Å². The zero-order chi connectivity index (χ0) is 22.2. The molecule has 0 fully saturated rings. The van der Waals surface area contributed by atoms with Crippen molar-refractivity contribution < 1.29 is 9.18 Å². The molecule has 0 unspecified atom stereocenters. The van der Waals surface area contributed by atoms with Crippen LogP contribution in [0, 0.1) is 5.82 Å². The molecule has 2 N–H and O–H groups in total. The molecule has 0 bridgehead atoms. The van der Waals surface area contributed by atoms with E-state index in [2.05, 4.69) is 25.3 Å². The van der Waals surface area contributed by atoms with Gasteiger partial charge in [0, 0.05) is 44.2 Å². The number of nitrogens with zero attached hydrogens (tertiary/aromatic N) is 6. The highest BCUT2D eigenvalue weighted by Gasteiger charge is 2.19. The molecule has 5 heterocycles. The van der Waals surface area contributed by atoms with Crippen LogP contribution in [0.3, 0.4) is 0 Å². The van der Waals surface area contributed by atoms with Gasteiger partial charge in [0.15, 0.2) is 11.9 Å². The number of aromatic amines is 2. The summed E-state index contributed by atoms with van der Waals surface area (Å²) in [5.74, 6) is -0.323. The Kier molecular flexibility index (Phi) is 5.02. The van der Waals surface area contributed by atoms with E-state index in [-0.39, 0.29) is 5.82 Å². The minimum Gasteiger partial charge on any atom is -0.343 e. The fourth-order valence-corrected chi connectivity index (χ4v) is 4.73. The van der Waals surface area contributed by atoms with E-state index >= 15 is 0 Å². The van der Waals surface area contributed by atoms with Crippen molar-refractivity contribution in [3.63, 3.8) is 0 Å². The Balaban J connectivity index is 1.40. The Labute approximate surface area is 185 Å². The molecule has 0 saturated heterocycles. The summed E-state index contributed by atoms with van der Waals surface area (Å²) in [6, 6.07) is 5.38. The number of carbonyl (C=O) groups is 1. The van der Waals surface area contributed by atoms with Gasteiger partial charge in [-0.25, -0.2) is 14.4 Å². The van der Waals surface area contributed by atoms with Crippen LogP contribution >= 0.6 is 11.3 Å². The number of thiazole rings is 1. The zero-order valence-electron chi connectivity index (χ0n) is 17.3. The van der Waals surface area contributed by atoms with Gasteiger partial charge in [0.05, 0.1) is 34.2 Å². The van der Waals surface area contributed by atoms with Crippen molar-refractivity contribution in [3.05, 3.63) is 64.1 Å². The first kappa shape index (κ1) is 20.1. The van der Waals surface area contributed by atoms with E-state index in [0.717, 1.165) is 38.6 Å². The highest BCUT2D eigenvalue weighted by molar-refractivity contribution is 7.19. The monoisotopic (exact) mass is 450 g/mol. The second kappa shape index (κ2) is 8.00. The standard InChI is InChI=1S/C21H19FN8OS/c1-29(10-13-3-4-14-16(22)9-23-20(14)26-13)25-8-15-17(11-31)30(2)21-19(15)32-18(27-21)7-12-5-6-24-28-12/h3-6,8-9,11H,7,10H2,1-2H3,(H,23,26)(H,24,28)/b25-8-. The number of nitrogens with one attached hydrogen (secondary N) is 2. The van der Waals surface area contributed by atoms with Gasteiger partial charge in [-0.2, -0.15) is 10.2 Å². The number of fused-ring (bicyclic) bond motifs is 2. The van der Waals surface area contributed by atoms with E-state index in [1.54, 1.807) is 34.1 Å². The van der Waals surface area contributed by atoms with Crippen LogP contribution in [0.15, 0.2) is 35.7 Å². The molecule has 0 aliphatic rings. The molecule has 0 radical (unpaired) electrons. The van der Waals surface area contributed by atoms with Gasteiger partial charge in [-0.05, 0) is 18.2 Å². The topological polar surface area (TPSA) is 108 Å². The molecule has 0 aliphatic heterocycles. The normalized spacial score (nSPS) is 11.8. The Morgan fingerprint density at radius 2 is 2.19 bits per heavy atom. The molecule has 0 aromatic carbocycles. The summed E-state index contributed by atoms with van der Waals surface area (Å²) in [6.07, 6.45) is 6.14. The lowest BCUT2D eigenvalue weighted by molar-refractivity contribution is 0.111. The van der Waals surface area contributed by atoms with E-state index in [9.17, 15) is 9.18 Å². The molecule has 0 saturated carbocycles. The van der Waals surface area contributed by atoms with Crippen molar-refractivity contribution in [2.75, 3.05) is 7.05 Å². The first-order valence-corrected chi connectivity index (χ1v) is 10.6. The number of hydrazone groups is 1. The van der Waals surface area contributed by atoms with Gasteiger partial charge in [0.25, 0.3) is 0 Å². The third-order valence-corrected chi connectivity index (χ3v) is 6.26. The van der Waals surface area contributed by atoms with E-state index in [4.69, 9.17) is 4.98 Å². The molecule has 0 amide bonds. The van der Waals surface area contributed by atoms with Crippen molar-refractivity contribution in [1.82, 2.24) is 34.7 Å². The van der Waals surface area contributed by atoms with Crippen molar-refractivity contribution >= 4 is 45.2 Å². The molecule has 0 spiro atoms. The van der Waals surface area contributed by atoms with Crippen LogP contribution in [-0.4, -0.2) is 54.3 Å². The number of rotatable bonds is 7. The molecule has 0 aliphatic carbocycles. The first-order valence-electron chi connectivity index (χ1n) is 9.82. The van der Waals surface area contributed by atoms with Crippen LogP contribution in [0.25, 0.3) is 21.4 Å². The maximum Gasteiger partial charge on any atom is 0.167 e. The van der Waals surface area contributed by atoms with E-state index in [1.165, 1.54) is 17.5 Å². The smallest absolute Gasteiger partial charge is 0.167 e. The van der Waals surface area contributed by atoms with Crippen LogP contribution in [0.4, 0.5) is 4.39 Å². The summed E-state index contributed by atoms with van der Waals surface area (Å²) in [5, 5.41) is 14.5. The highest BCUT2D eigenvalue weighted by Crippen LogP contribution is 2.30. The number of pyridine rings is 1. The molecule has 11 heteroatoms. The fraction of sp³-hybridized carbons (Fsp3) is 0.190. The molecule has 162 valence electrons. The van der Waals surface area contributed by atoms with Gasteiger partial charge < -0.3 is 9.55 Å². The molecular weight excluding hydrogens is 431 g/mol. The van der Waals surface area contributed by atoms with Crippen LogP contribution in [0.1, 0.15) is 32.4 Å². The molecule has 9 nitrogen and oxygen atoms in total. The van der Waals surface area contributed by atoms with E-state index in [0.29, 0.717) is 29.7 Å². The van der Waals surface area contributed by atoms with Crippen molar-refractivity contribution in [3.8, 4) is 0 Å². The van der Waals surface area contributed by atoms with Gasteiger partial charge in [0.2, 0.25) is 0 Å².